The number of allylic oxidation sites excluding steroid dienone is 2. The van der Waals surface area contributed by atoms with Crippen LogP contribution in [0, 0.1) is 16.7 Å². The van der Waals surface area contributed by atoms with Gasteiger partial charge in [0.2, 0.25) is 0 Å². The molecule has 0 radical (unpaired) electrons. The molecule has 1 rings (SSSR count). The second-order valence-electron chi connectivity index (χ2n) is 4.13. The predicted molar refractivity (Wildman–Crippen MR) is 60.5 cm³/mol. The first-order chi connectivity index (χ1) is 6.46. The Morgan fingerprint density at radius 2 is 2.14 bits per heavy atom. The van der Waals surface area contributed by atoms with E-state index in [1.165, 1.54) is 11.3 Å². The van der Waals surface area contributed by atoms with Gasteiger partial charge in [0.05, 0.1) is 5.57 Å². The predicted octanol–water partition coefficient (Wildman–Crippen LogP) is 2.99. The van der Waals surface area contributed by atoms with Crippen LogP contribution < -0.4 is 5.73 Å². The van der Waals surface area contributed by atoms with E-state index < -0.39 is 0 Å². The second-order valence-corrected chi connectivity index (χ2v) is 5.08. The molecule has 0 amide bonds. The highest BCUT2D eigenvalue weighted by atomic mass is 32.1. The molecule has 0 unspecified atom stereocenters. The Bertz CT molecular complexity index is 374. The number of thiophene rings is 1. The summed E-state index contributed by atoms with van der Waals surface area (Å²) in [6.45, 7) is 6.02. The highest BCUT2D eigenvalue weighted by molar-refractivity contribution is 7.11. The van der Waals surface area contributed by atoms with Gasteiger partial charge in [-0.1, -0.05) is 26.8 Å². The van der Waals surface area contributed by atoms with Crippen molar-refractivity contribution in [3.05, 3.63) is 28.1 Å². The van der Waals surface area contributed by atoms with E-state index in [4.69, 9.17) is 11.0 Å². The SMILES string of the molecule is CC(C)(C)/C(N)=C(/C#N)c1cccs1. The van der Waals surface area contributed by atoms with Gasteiger partial charge >= 0.3 is 0 Å². The van der Waals surface area contributed by atoms with Gasteiger partial charge in [-0.2, -0.15) is 5.26 Å². The van der Waals surface area contributed by atoms with Crippen molar-refractivity contribution >= 4 is 16.9 Å². The molecule has 74 valence electrons. The van der Waals surface area contributed by atoms with Crippen LogP contribution in [-0.4, -0.2) is 0 Å². The minimum absolute atomic E-state index is 0.158. The molecule has 0 aliphatic heterocycles. The van der Waals surface area contributed by atoms with Crippen LogP contribution in [0.5, 0.6) is 0 Å². The van der Waals surface area contributed by atoms with E-state index in [-0.39, 0.29) is 5.41 Å². The molecule has 0 aromatic carbocycles. The molecular formula is C11H14N2S. The Hall–Kier alpha value is -1.27. The van der Waals surface area contributed by atoms with Gasteiger partial charge < -0.3 is 5.73 Å². The third-order valence-corrected chi connectivity index (χ3v) is 2.84. The lowest BCUT2D eigenvalue weighted by atomic mass is 9.89. The van der Waals surface area contributed by atoms with Crippen LogP contribution in [0.2, 0.25) is 0 Å². The highest BCUT2D eigenvalue weighted by Gasteiger charge is 2.19. The Morgan fingerprint density at radius 1 is 1.50 bits per heavy atom. The van der Waals surface area contributed by atoms with Crippen molar-refractivity contribution in [2.24, 2.45) is 11.1 Å². The molecule has 0 aliphatic rings. The van der Waals surface area contributed by atoms with Gasteiger partial charge in [0.15, 0.2) is 0 Å². The van der Waals surface area contributed by atoms with Gasteiger partial charge in [0.1, 0.15) is 6.07 Å². The van der Waals surface area contributed by atoms with Crippen molar-refractivity contribution in [3.8, 4) is 6.07 Å². The molecule has 0 saturated heterocycles. The quantitative estimate of drug-likeness (QED) is 0.718. The highest BCUT2D eigenvalue weighted by Crippen LogP contribution is 2.30. The molecule has 1 aromatic heterocycles. The molecular weight excluding hydrogens is 192 g/mol. The van der Waals surface area contributed by atoms with Gasteiger partial charge in [0.25, 0.3) is 0 Å². The molecule has 14 heavy (non-hydrogen) atoms. The molecule has 0 fully saturated rings. The van der Waals surface area contributed by atoms with Gasteiger partial charge in [-0.3, -0.25) is 0 Å². The van der Waals surface area contributed by atoms with Crippen LogP contribution >= 0.6 is 11.3 Å². The van der Waals surface area contributed by atoms with Crippen LogP contribution in [0.1, 0.15) is 25.6 Å². The summed E-state index contributed by atoms with van der Waals surface area (Å²) in [5, 5.41) is 11.0. The first-order valence-corrected chi connectivity index (χ1v) is 5.29. The van der Waals surface area contributed by atoms with Crippen molar-refractivity contribution in [2.75, 3.05) is 0 Å². The minimum atomic E-state index is -0.158. The summed E-state index contributed by atoms with van der Waals surface area (Å²) in [5.74, 6) is 0. The molecule has 3 heteroatoms. The number of rotatable bonds is 1. The van der Waals surface area contributed by atoms with Crippen LogP contribution in [-0.2, 0) is 0 Å². The fourth-order valence-corrected chi connectivity index (χ4v) is 1.78. The maximum absolute atomic E-state index is 9.05. The van der Waals surface area contributed by atoms with Crippen molar-refractivity contribution in [2.45, 2.75) is 20.8 Å². The lowest BCUT2D eigenvalue weighted by Gasteiger charge is -2.20. The summed E-state index contributed by atoms with van der Waals surface area (Å²) in [6, 6.07) is 6.02. The first-order valence-electron chi connectivity index (χ1n) is 4.41. The fraction of sp³-hybridized carbons (Fsp3) is 0.364. The van der Waals surface area contributed by atoms with Crippen LogP contribution in [0.15, 0.2) is 23.2 Å². The normalized spacial score (nSPS) is 13.3. The third kappa shape index (κ3) is 2.15. The molecule has 2 N–H and O–H groups in total. The van der Waals surface area contributed by atoms with Crippen molar-refractivity contribution in [1.29, 1.82) is 5.26 Å². The second kappa shape index (κ2) is 3.85. The van der Waals surface area contributed by atoms with Gasteiger partial charge in [-0.25, -0.2) is 0 Å². The maximum atomic E-state index is 9.05. The van der Waals surface area contributed by atoms with Crippen molar-refractivity contribution < 1.29 is 0 Å². The fourth-order valence-electron chi connectivity index (χ4n) is 1.04. The van der Waals surface area contributed by atoms with E-state index in [0.29, 0.717) is 11.3 Å². The average molecular weight is 206 g/mol. The van der Waals surface area contributed by atoms with E-state index in [9.17, 15) is 0 Å². The van der Waals surface area contributed by atoms with Crippen molar-refractivity contribution in [3.63, 3.8) is 0 Å². The topological polar surface area (TPSA) is 49.8 Å². The van der Waals surface area contributed by atoms with Crippen LogP contribution in [0.4, 0.5) is 0 Å². The van der Waals surface area contributed by atoms with Gasteiger partial charge in [-0.15, -0.1) is 11.3 Å². The largest absolute Gasteiger partial charge is 0.401 e. The zero-order valence-electron chi connectivity index (χ0n) is 8.66. The lowest BCUT2D eigenvalue weighted by Crippen LogP contribution is -2.18. The summed E-state index contributed by atoms with van der Waals surface area (Å²) in [7, 11) is 0. The number of hydrogen-bond donors (Lipinski definition) is 1. The first kappa shape index (κ1) is 10.8. The van der Waals surface area contributed by atoms with E-state index >= 15 is 0 Å². The van der Waals surface area contributed by atoms with Crippen LogP contribution in [0.25, 0.3) is 5.57 Å². The molecule has 2 nitrogen and oxygen atoms in total. The van der Waals surface area contributed by atoms with Crippen LogP contribution in [0.3, 0.4) is 0 Å². The monoisotopic (exact) mass is 206 g/mol. The molecule has 0 saturated carbocycles. The summed E-state index contributed by atoms with van der Waals surface area (Å²) in [6.07, 6.45) is 0. The molecule has 1 heterocycles. The third-order valence-electron chi connectivity index (χ3n) is 1.96. The lowest BCUT2D eigenvalue weighted by molar-refractivity contribution is 0.500. The molecule has 0 aliphatic carbocycles. The zero-order chi connectivity index (χ0) is 10.8. The summed E-state index contributed by atoms with van der Waals surface area (Å²) in [5.41, 5.74) is 7.06. The number of hydrogen-bond acceptors (Lipinski definition) is 3. The number of nitrogens with zero attached hydrogens (tertiary/aromatic N) is 1. The molecule has 0 bridgehead atoms. The van der Waals surface area contributed by atoms with E-state index in [1.54, 1.807) is 0 Å². The molecule has 0 spiro atoms. The summed E-state index contributed by atoms with van der Waals surface area (Å²) >= 11 is 1.54. The number of nitrogens with two attached hydrogens (primary N) is 1. The van der Waals surface area contributed by atoms with E-state index in [1.807, 2.05) is 38.3 Å². The average Bonchev–Trinajstić information content (AvgIpc) is 2.57. The minimum Gasteiger partial charge on any atom is -0.401 e. The van der Waals surface area contributed by atoms with E-state index in [2.05, 4.69) is 6.07 Å². The Morgan fingerprint density at radius 3 is 2.50 bits per heavy atom. The molecule has 1 aromatic rings. The Balaban J connectivity index is 3.23. The molecule has 0 atom stereocenters. The van der Waals surface area contributed by atoms with E-state index in [0.717, 1.165) is 4.88 Å². The summed E-state index contributed by atoms with van der Waals surface area (Å²) in [4.78, 5) is 0.944. The standard InChI is InChI=1S/C11H14N2S/c1-11(2,3)10(13)8(7-12)9-5-4-6-14-9/h4-6H,13H2,1-3H3/b10-8+. The Labute approximate surface area is 88.7 Å². The number of nitriles is 1. The summed E-state index contributed by atoms with van der Waals surface area (Å²) < 4.78 is 0. The van der Waals surface area contributed by atoms with Gasteiger partial charge in [-0.05, 0) is 11.4 Å². The van der Waals surface area contributed by atoms with Gasteiger partial charge in [0, 0.05) is 16.0 Å². The van der Waals surface area contributed by atoms with Crippen molar-refractivity contribution in [1.82, 2.24) is 0 Å². The maximum Gasteiger partial charge on any atom is 0.102 e. The zero-order valence-corrected chi connectivity index (χ0v) is 9.48. The smallest absolute Gasteiger partial charge is 0.102 e. The Kier molecular flexibility index (Phi) is 2.97.